The van der Waals surface area contributed by atoms with Crippen LogP contribution in [-0.4, -0.2) is 40.1 Å². The highest BCUT2D eigenvalue weighted by Crippen LogP contribution is 2.31. The van der Waals surface area contributed by atoms with Gasteiger partial charge in [0.15, 0.2) is 0 Å². The molecule has 5 nitrogen and oxygen atoms in total. The van der Waals surface area contributed by atoms with Crippen molar-refractivity contribution < 1.29 is 18.3 Å². The zero-order chi connectivity index (χ0) is 18.0. The van der Waals surface area contributed by atoms with Crippen LogP contribution < -0.4 is 0 Å². The van der Waals surface area contributed by atoms with Gasteiger partial charge in [-0.25, -0.2) is 4.98 Å². The number of rotatable bonds is 5. The average molecular weight is 351 g/mol. The maximum Gasteiger partial charge on any atom is 0.320 e. The highest BCUT2D eigenvalue weighted by atomic mass is 19.3. The summed E-state index contributed by atoms with van der Waals surface area (Å²) < 4.78 is 33.4. The maximum absolute atomic E-state index is 13.7. The van der Waals surface area contributed by atoms with Gasteiger partial charge in [-0.2, -0.15) is 8.78 Å². The SMILES string of the molecule is CCOC(=O)C1CCCN(C(C)c2nc3ccccc3n2C(F)F)C1. The Bertz CT molecular complexity index is 747. The molecule has 0 saturated carbocycles. The Balaban J connectivity index is 1.87. The summed E-state index contributed by atoms with van der Waals surface area (Å²) in [5, 5.41) is 0. The highest BCUT2D eigenvalue weighted by Gasteiger charge is 2.32. The van der Waals surface area contributed by atoms with Gasteiger partial charge in [0, 0.05) is 6.54 Å². The molecule has 0 radical (unpaired) electrons. The van der Waals surface area contributed by atoms with Crippen molar-refractivity contribution in [3.63, 3.8) is 0 Å². The first kappa shape index (κ1) is 17.8. The molecule has 2 heterocycles. The number of hydrogen-bond acceptors (Lipinski definition) is 4. The number of alkyl halides is 2. The molecule has 1 saturated heterocycles. The van der Waals surface area contributed by atoms with Gasteiger partial charge in [-0.1, -0.05) is 12.1 Å². The summed E-state index contributed by atoms with van der Waals surface area (Å²) in [6.45, 7) is 2.61. The quantitative estimate of drug-likeness (QED) is 0.770. The first-order valence-electron chi connectivity index (χ1n) is 8.68. The molecular weight excluding hydrogens is 328 g/mol. The molecule has 1 fully saturated rings. The Hall–Kier alpha value is -2.02. The summed E-state index contributed by atoms with van der Waals surface area (Å²) in [7, 11) is 0. The molecule has 1 aliphatic heterocycles. The van der Waals surface area contributed by atoms with Gasteiger partial charge in [0.1, 0.15) is 5.82 Å². The standard InChI is InChI=1S/C18H23F2N3O2/c1-3-25-17(24)13-7-6-10-22(11-13)12(2)16-21-14-8-4-5-9-15(14)23(16)18(19)20/h4-5,8-9,12-13,18H,3,6-7,10-11H2,1-2H3. The van der Waals surface area contributed by atoms with E-state index in [1.165, 1.54) is 0 Å². The summed E-state index contributed by atoms with van der Waals surface area (Å²) in [4.78, 5) is 18.5. The van der Waals surface area contributed by atoms with Gasteiger partial charge in [-0.3, -0.25) is 14.3 Å². The van der Waals surface area contributed by atoms with Crippen molar-refractivity contribution >= 4 is 17.0 Å². The van der Waals surface area contributed by atoms with Gasteiger partial charge in [0.2, 0.25) is 0 Å². The highest BCUT2D eigenvalue weighted by molar-refractivity contribution is 5.76. The number of piperidine rings is 1. The molecule has 1 aromatic carbocycles. The maximum atomic E-state index is 13.7. The topological polar surface area (TPSA) is 47.4 Å². The van der Waals surface area contributed by atoms with E-state index in [4.69, 9.17) is 4.74 Å². The third-order valence-electron chi connectivity index (χ3n) is 4.81. The van der Waals surface area contributed by atoms with Crippen molar-refractivity contribution in [3.05, 3.63) is 30.1 Å². The van der Waals surface area contributed by atoms with Crippen molar-refractivity contribution in [1.29, 1.82) is 0 Å². The van der Waals surface area contributed by atoms with Crippen LogP contribution in [0.5, 0.6) is 0 Å². The molecule has 2 atom stereocenters. The predicted molar refractivity (Wildman–Crippen MR) is 90.3 cm³/mol. The lowest BCUT2D eigenvalue weighted by Gasteiger charge is -2.35. The minimum atomic E-state index is -2.66. The average Bonchev–Trinajstić information content (AvgIpc) is 3.01. The van der Waals surface area contributed by atoms with E-state index >= 15 is 0 Å². The van der Waals surface area contributed by atoms with E-state index in [1.807, 2.05) is 11.8 Å². The van der Waals surface area contributed by atoms with Crippen LogP contribution in [0.3, 0.4) is 0 Å². The number of carbonyl (C=O) groups is 1. The van der Waals surface area contributed by atoms with Gasteiger partial charge >= 0.3 is 12.5 Å². The van der Waals surface area contributed by atoms with E-state index < -0.39 is 6.55 Å². The van der Waals surface area contributed by atoms with Crippen molar-refractivity contribution in [2.75, 3.05) is 19.7 Å². The third kappa shape index (κ3) is 3.51. The van der Waals surface area contributed by atoms with Crippen molar-refractivity contribution in [1.82, 2.24) is 14.5 Å². The number of fused-ring (bicyclic) bond motifs is 1. The molecular formula is C18H23F2N3O2. The van der Waals surface area contributed by atoms with E-state index in [9.17, 15) is 13.6 Å². The van der Waals surface area contributed by atoms with Crippen LogP contribution in [-0.2, 0) is 9.53 Å². The predicted octanol–water partition coefficient (Wildman–Crippen LogP) is 3.77. The second-order valence-corrected chi connectivity index (χ2v) is 6.37. The summed E-state index contributed by atoms with van der Waals surface area (Å²) in [6, 6.07) is 6.61. The minimum absolute atomic E-state index is 0.207. The fourth-order valence-electron chi connectivity index (χ4n) is 3.54. The molecule has 0 N–H and O–H groups in total. The summed E-state index contributed by atoms with van der Waals surface area (Å²) in [6.07, 6.45) is 1.61. The lowest BCUT2D eigenvalue weighted by Crippen LogP contribution is -2.41. The van der Waals surface area contributed by atoms with Crippen LogP contribution in [0.25, 0.3) is 11.0 Å². The fraction of sp³-hybridized carbons (Fsp3) is 0.556. The van der Waals surface area contributed by atoms with Crippen molar-refractivity contribution in [2.24, 2.45) is 5.92 Å². The smallest absolute Gasteiger partial charge is 0.320 e. The summed E-state index contributed by atoms with van der Waals surface area (Å²) in [5.41, 5.74) is 0.988. The molecule has 1 aromatic heterocycles. The zero-order valence-electron chi connectivity index (χ0n) is 14.5. The molecule has 3 rings (SSSR count). The van der Waals surface area contributed by atoms with Crippen LogP contribution >= 0.6 is 0 Å². The Morgan fingerprint density at radius 2 is 2.16 bits per heavy atom. The Kier molecular flexibility index (Phi) is 5.32. The second-order valence-electron chi connectivity index (χ2n) is 6.37. The number of halogens is 2. The molecule has 2 aromatic rings. The number of imidazole rings is 1. The van der Waals surface area contributed by atoms with E-state index in [1.54, 1.807) is 31.2 Å². The molecule has 0 amide bonds. The Morgan fingerprint density at radius 3 is 2.88 bits per heavy atom. The van der Waals surface area contributed by atoms with Crippen LogP contribution in [0.15, 0.2) is 24.3 Å². The number of aromatic nitrogens is 2. The second kappa shape index (κ2) is 7.47. The molecule has 0 spiro atoms. The number of hydrogen-bond donors (Lipinski definition) is 0. The lowest BCUT2D eigenvalue weighted by atomic mass is 9.97. The number of ether oxygens (including phenoxy) is 1. The number of carbonyl (C=O) groups excluding carboxylic acids is 1. The van der Waals surface area contributed by atoms with Gasteiger partial charge < -0.3 is 4.74 Å². The molecule has 136 valence electrons. The summed E-state index contributed by atoms with van der Waals surface area (Å²) >= 11 is 0. The van der Waals surface area contributed by atoms with E-state index in [0.29, 0.717) is 30.0 Å². The zero-order valence-corrected chi connectivity index (χ0v) is 14.5. The van der Waals surface area contributed by atoms with E-state index in [-0.39, 0.29) is 17.9 Å². The number of nitrogens with zero attached hydrogens (tertiary/aromatic N) is 3. The minimum Gasteiger partial charge on any atom is -0.466 e. The lowest BCUT2D eigenvalue weighted by molar-refractivity contribution is -0.150. The molecule has 0 aliphatic carbocycles. The van der Waals surface area contributed by atoms with Gasteiger partial charge in [0.25, 0.3) is 0 Å². The molecule has 1 aliphatic rings. The van der Waals surface area contributed by atoms with E-state index in [2.05, 4.69) is 4.98 Å². The summed E-state index contributed by atoms with van der Waals surface area (Å²) in [5.74, 6) is -0.0806. The van der Waals surface area contributed by atoms with Gasteiger partial charge in [0.05, 0.1) is 29.6 Å². The van der Waals surface area contributed by atoms with Crippen LogP contribution in [0, 0.1) is 5.92 Å². The normalized spacial score (nSPS) is 20.1. The fourth-order valence-corrected chi connectivity index (χ4v) is 3.54. The third-order valence-corrected chi connectivity index (χ3v) is 4.81. The number of likely N-dealkylation sites (tertiary alicyclic amines) is 1. The Morgan fingerprint density at radius 1 is 1.40 bits per heavy atom. The molecule has 25 heavy (non-hydrogen) atoms. The van der Waals surface area contributed by atoms with Crippen molar-refractivity contribution in [3.8, 4) is 0 Å². The monoisotopic (exact) mass is 351 g/mol. The Labute approximate surface area is 145 Å². The molecule has 0 bridgehead atoms. The number of para-hydroxylation sites is 2. The van der Waals surface area contributed by atoms with Crippen LogP contribution in [0.4, 0.5) is 8.78 Å². The van der Waals surface area contributed by atoms with E-state index in [0.717, 1.165) is 24.0 Å². The van der Waals surface area contributed by atoms with Gasteiger partial charge in [-0.15, -0.1) is 0 Å². The number of esters is 1. The van der Waals surface area contributed by atoms with Gasteiger partial charge in [-0.05, 0) is 45.4 Å². The van der Waals surface area contributed by atoms with Crippen molar-refractivity contribution in [2.45, 2.75) is 39.3 Å². The largest absolute Gasteiger partial charge is 0.466 e. The molecule has 2 unspecified atom stereocenters. The first-order valence-corrected chi connectivity index (χ1v) is 8.68. The van der Waals surface area contributed by atoms with Crippen LogP contribution in [0.1, 0.15) is 45.1 Å². The first-order chi connectivity index (χ1) is 12.0. The van der Waals surface area contributed by atoms with Crippen LogP contribution in [0.2, 0.25) is 0 Å². The number of benzene rings is 1. The molecule has 7 heteroatoms.